The molecule has 0 amide bonds. The summed E-state index contributed by atoms with van der Waals surface area (Å²) in [5.41, 5.74) is 1.29. The molecule has 110 valence electrons. The summed E-state index contributed by atoms with van der Waals surface area (Å²) < 4.78 is 2.09. The molecule has 4 heteroatoms. The van der Waals surface area contributed by atoms with E-state index in [2.05, 4.69) is 35.1 Å². The van der Waals surface area contributed by atoms with Crippen LogP contribution in [0.4, 0.5) is 0 Å². The minimum Gasteiger partial charge on any atom is -0.249 e. The molecule has 0 aliphatic carbocycles. The molecule has 1 aromatic heterocycles. The van der Waals surface area contributed by atoms with Crippen molar-refractivity contribution in [3.63, 3.8) is 0 Å². The van der Waals surface area contributed by atoms with Crippen molar-refractivity contribution < 1.29 is 0 Å². The number of nitrogens with zero attached hydrogens (tertiary/aromatic N) is 3. The van der Waals surface area contributed by atoms with Gasteiger partial charge in [-0.2, -0.15) is 11.8 Å². The zero-order valence-corrected chi connectivity index (χ0v) is 13.6. The normalized spacial score (nSPS) is 11.4. The average Bonchev–Trinajstić information content (AvgIpc) is 2.82. The predicted octanol–water partition coefficient (Wildman–Crippen LogP) is 4.18. The third-order valence-corrected chi connectivity index (χ3v) is 4.02. The summed E-state index contributed by atoms with van der Waals surface area (Å²) in [6.45, 7) is 5.65. The van der Waals surface area contributed by atoms with Crippen molar-refractivity contribution >= 4 is 11.8 Å². The highest BCUT2D eigenvalue weighted by Gasteiger charge is 2.03. The fourth-order valence-corrected chi connectivity index (χ4v) is 2.63. The minimum absolute atomic E-state index is 0.856. The Morgan fingerprint density at radius 1 is 1.16 bits per heavy atom. The van der Waals surface area contributed by atoms with Gasteiger partial charge in [0.2, 0.25) is 0 Å². The van der Waals surface area contributed by atoms with Gasteiger partial charge in [0.15, 0.2) is 0 Å². The lowest BCUT2D eigenvalue weighted by atomic mass is 10.0. The van der Waals surface area contributed by atoms with E-state index in [0.717, 1.165) is 24.6 Å². The monoisotopic (exact) mass is 283 g/mol. The summed E-state index contributed by atoms with van der Waals surface area (Å²) in [7, 11) is 0. The third-order valence-electron chi connectivity index (χ3n) is 3.41. The van der Waals surface area contributed by atoms with Crippen molar-refractivity contribution in [2.45, 2.75) is 65.3 Å². The van der Waals surface area contributed by atoms with Gasteiger partial charge in [0.25, 0.3) is 0 Å². The lowest BCUT2D eigenvalue weighted by molar-refractivity contribution is 0.485. The van der Waals surface area contributed by atoms with Crippen LogP contribution in [-0.4, -0.2) is 27.0 Å². The molecule has 3 nitrogen and oxygen atoms in total. The van der Waals surface area contributed by atoms with Crippen molar-refractivity contribution in [3.05, 3.63) is 11.9 Å². The van der Waals surface area contributed by atoms with Crippen molar-refractivity contribution in [2.24, 2.45) is 5.92 Å². The van der Waals surface area contributed by atoms with Crippen molar-refractivity contribution in [2.75, 3.05) is 12.0 Å². The minimum atomic E-state index is 0.856. The summed E-state index contributed by atoms with van der Waals surface area (Å²) in [6, 6.07) is 0. The Hall–Kier alpha value is -0.510. The summed E-state index contributed by atoms with van der Waals surface area (Å²) in [5, 5.41) is 8.21. The van der Waals surface area contributed by atoms with E-state index in [4.69, 9.17) is 0 Å². The zero-order valence-electron chi connectivity index (χ0n) is 12.8. The molecule has 0 aromatic carbocycles. The highest BCUT2D eigenvalue weighted by molar-refractivity contribution is 7.98. The summed E-state index contributed by atoms with van der Waals surface area (Å²) in [5.74, 6) is 2.01. The molecule has 0 atom stereocenters. The molecule has 0 unspecified atom stereocenters. The van der Waals surface area contributed by atoms with Crippen LogP contribution in [0, 0.1) is 5.92 Å². The Bertz CT molecular complexity index is 323. The molecular weight excluding hydrogens is 254 g/mol. The molecule has 1 rings (SSSR count). The molecule has 1 heterocycles. The van der Waals surface area contributed by atoms with Gasteiger partial charge in [0.1, 0.15) is 0 Å². The number of aryl methyl sites for hydroxylation is 2. The van der Waals surface area contributed by atoms with E-state index >= 15 is 0 Å². The largest absolute Gasteiger partial charge is 0.249 e. The Morgan fingerprint density at radius 3 is 2.63 bits per heavy atom. The van der Waals surface area contributed by atoms with Crippen LogP contribution in [0.2, 0.25) is 0 Å². The van der Waals surface area contributed by atoms with Crippen LogP contribution in [0.5, 0.6) is 0 Å². The fourth-order valence-electron chi connectivity index (χ4n) is 2.21. The Kier molecular flexibility index (Phi) is 8.97. The number of hydrogen-bond acceptors (Lipinski definition) is 3. The topological polar surface area (TPSA) is 30.7 Å². The second kappa shape index (κ2) is 10.3. The predicted molar refractivity (Wildman–Crippen MR) is 84.6 cm³/mol. The van der Waals surface area contributed by atoms with Crippen molar-refractivity contribution in [3.8, 4) is 0 Å². The van der Waals surface area contributed by atoms with Crippen LogP contribution in [0.15, 0.2) is 6.20 Å². The van der Waals surface area contributed by atoms with Gasteiger partial charge in [-0.05, 0) is 24.3 Å². The molecule has 0 bridgehead atoms. The van der Waals surface area contributed by atoms with Crippen molar-refractivity contribution in [1.82, 2.24) is 15.0 Å². The first-order chi connectivity index (χ1) is 9.24. The van der Waals surface area contributed by atoms with Gasteiger partial charge in [0, 0.05) is 13.0 Å². The van der Waals surface area contributed by atoms with Gasteiger partial charge in [0.05, 0.1) is 11.9 Å². The maximum absolute atomic E-state index is 4.18. The maximum Gasteiger partial charge on any atom is 0.0725 e. The SMILES string of the molecule is CSCCc1cnnn1CCCCCCCC(C)C. The van der Waals surface area contributed by atoms with Crippen LogP contribution >= 0.6 is 11.8 Å². The fraction of sp³-hybridized carbons (Fsp3) is 0.867. The van der Waals surface area contributed by atoms with E-state index in [0.29, 0.717) is 0 Å². The zero-order chi connectivity index (χ0) is 13.9. The number of rotatable bonds is 11. The summed E-state index contributed by atoms with van der Waals surface area (Å²) in [6.07, 6.45) is 13.2. The van der Waals surface area contributed by atoms with Crippen LogP contribution < -0.4 is 0 Å². The van der Waals surface area contributed by atoms with Crippen LogP contribution in [-0.2, 0) is 13.0 Å². The van der Waals surface area contributed by atoms with E-state index in [1.54, 1.807) is 0 Å². The average molecular weight is 283 g/mol. The number of aromatic nitrogens is 3. The molecular formula is C15H29N3S. The number of hydrogen-bond donors (Lipinski definition) is 0. The van der Waals surface area contributed by atoms with Gasteiger partial charge in [-0.25, -0.2) is 4.68 Å². The molecule has 0 aliphatic heterocycles. The van der Waals surface area contributed by atoms with Gasteiger partial charge >= 0.3 is 0 Å². The Labute approximate surface area is 122 Å². The second-order valence-corrected chi connectivity index (χ2v) is 6.63. The second-order valence-electron chi connectivity index (χ2n) is 5.64. The van der Waals surface area contributed by atoms with E-state index in [1.807, 2.05) is 18.0 Å². The van der Waals surface area contributed by atoms with Crippen LogP contribution in [0.3, 0.4) is 0 Å². The molecule has 0 saturated carbocycles. The van der Waals surface area contributed by atoms with Crippen LogP contribution in [0.1, 0.15) is 58.1 Å². The van der Waals surface area contributed by atoms with Crippen LogP contribution in [0.25, 0.3) is 0 Å². The quantitative estimate of drug-likeness (QED) is 0.571. The lowest BCUT2D eigenvalue weighted by Gasteiger charge is -2.06. The molecule has 0 fully saturated rings. The highest BCUT2D eigenvalue weighted by Crippen LogP contribution is 2.11. The van der Waals surface area contributed by atoms with Gasteiger partial charge in [-0.1, -0.05) is 51.2 Å². The summed E-state index contributed by atoms with van der Waals surface area (Å²) >= 11 is 1.88. The summed E-state index contributed by atoms with van der Waals surface area (Å²) in [4.78, 5) is 0. The maximum atomic E-state index is 4.18. The van der Waals surface area contributed by atoms with E-state index in [-0.39, 0.29) is 0 Å². The lowest BCUT2D eigenvalue weighted by Crippen LogP contribution is -2.06. The third kappa shape index (κ3) is 7.61. The first-order valence-electron chi connectivity index (χ1n) is 7.60. The molecule has 0 N–H and O–H groups in total. The smallest absolute Gasteiger partial charge is 0.0725 e. The molecule has 19 heavy (non-hydrogen) atoms. The standard InChI is InChI=1S/C15H29N3S/c1-14(2)9-7-5-4-6-8-11-18-15(10-12-19-3)13-16-17-18/h13-14H,4-12H2,1-3H3. The van der Waals surface area contributed by atoms with Crippen molar-refractivity contribution in [1.29, 1.82) is 0 Å². The molecule has 0 radical (unpaired) electrons. The number of thioether (sulfide) groups is 1. The van der Waals surface area contributed by atoms with Gasteiger partial charge < -0.3 is 0 Å². The first kappa shape index (κ1) is 16.5. The Balaban J connectivity index is 2.07. The molecule has 0 aliphatic rings. The van der Waals surface area contributed by atoms with Gasteiger partial charge in [-0.15, -0.1) is 5.10 Å². The first-order valence-corrected chi connectivity index (χ1v) is 8.99. The van der Waals surface area contributed by atoms with E-state index < -0.39 is 0 Å². The molecule has 1 aromatic rings. The highest BCUT2D eigenvalue weighted by atomic mass is 32.2. The van der Waals surface area contributed by atoms with E-state index in [9.17, 15) is 0 Å². The number of unbranched alkanes of at least 4 members (excludes halogenated alkanes) is 4. The molecule has 0 spiro atoms. The molecule has 0 saturated heterocycles. The Morgan fingerprint density at radius 2 is 1.89 bits per heavy atom. The van der Waals surface area contributed by atoms with E-state index in [1.165, 1.54) is 44.2 Å². The van der Waals surface area contributed by atoms with Gasteiger partial charge in [-0.3, -0.25) is 0 Å².